The van der Waals surface area contributed by atoms with E-state index >= 15 is 0 Å². The maximum Gasteiger partial charge on any atom is 0.225 e. The third kappa shape index (κ3) is 6.06. The Morgan fingerprint density at radius 2 is 1.70 bits per heavy atom. The van der Waals surface area contributed by atoms with Crippen LogP contribution in [0.3, 0.4) is 0 Å². The van der Waals surface area contributed by atoms with Gasteiger partial charge >= 0.3 is 0 Å². The van der Waals surface area contributed by atoms with E-state index in [0.717, 1.165) is 32.5 Å². The number of nitrogens with one attached hydrogen (secondary N) is 1. The van der Waals surface area contributed by atoms with Crippen molar-refractivity contribution in [1.29, 1.82) is 0 Å². The zero-order valence-corrected chi connectivity index (χ0v) is 17.3. The molecule has 5 heteroatoms. The summed E-state index contributed by atoms with van der Waals surface area (Å²) in [4.78, 5) is 29.0. The number of nitrogens with zero attached hydrogens (tertiary/aromatic N) is 2. The van der Waals surface area contributed by atoms with Crippen molar-refractivity contribution in [2.24, 2.45) is 11.8 Å². The Labute approximate surface area is 164 Å². The zero-order chi connectivity index (χ0) is 19.8. The van der Waals surface area contributed by atoms with Gasteiger partial charge in [-0.3, -0.25) is 14.5 Å². The summed E-state index contributed by atoms with van der Waals surface area (Å²) in [5.74, 6) is 0.345. The Balaban J connectivity index is 1.87. The molecule has 0 spiro atoms. The Morgan fingerprint density at radius 3 is 2.26 bits per heavy atom. The lowest BCUT2D eigenvalue weighted by atomic mass is 9.95. The second kappa shape index (κ2) is 10.5. The Kier molecular flexibility index (Phi) is 8.29. The highest BCUT2D eigenvalue weighted by Crippen LogP contribution is 2.19. The molecule has 0 radical (unpaired) electrons. The molecule has 2 amide bonds. The first-order valence-corrected chi connectivity index (χ1v) is 10.3. The van der Waals surface area contributed by atoms with Crippen LogP contribution in [0.2, 0.25) is 0 Å². The Bertz CT molecular complexity index is 618. The molecule has 150 valence electrons. The number of benzene rings is 1. The molecular formula is C22H35N3O2. The van der Waals surface area contributed by atoms with Crippen LogP contribution in [0.1, 0.15) is 51.7 Å². The molecule has 1 aromatic carbocycles. The molecule has 1 aromatic rings. The minimum absolute atomic E-state index is 0.0103. The van der Waals surface area contributed by atoms with Gasteiger partial charge in [0.1, 0.15) is 0 Å². The monoisotopic (exact) mass is 373 g/mol. The molecule has 0 aliphatic carbocycles. The predicted octanol–water partition coefficient (Wildman–Crippen LogP) is 3.04. The molecule has 1 saturated heterocycles. The number of carbonyl (C=O) groups excluding carboxylic acids is 2. The molecular weight excluding hydrogens is 338 g/mol. The van der Waals surface area contributed by atoms with Gasteiger partial charge in [0.05, 0.1) is 0 Å². The van der Waals surface area contributed by atoms with E-state index in [9.17, 15) is 9.59 Å². The second-order valence-electron chi connectivity index (χ2n) is 7.70. The first kappa shape index (κ1) is 21.4. The highest BCUT2D eigenvalue weighted by atomic mass is 16.2. The van der Waals surface area contributed by atoms with Crippen LogP contribution in [0.4, 0.5) is 0 Å². The first-order valence-electron chi connectivity index (χ1n) is 10.3. The fourth-order valence-electron chi connectivity index (χ4n) is 3.63. The number of piperidine rings is 1. The molecule has 5 nitrogen and oxygen atoms in total. The van der Waals surface area contributed by atoms with E-state index in [1.54, 1.807) is 0 Å². The second-order valence-corrected chi connectivity index (χ2v) is 7.70. The van der Waals surface area contributed by atoms with Gasteiger partial charge in [-0.15, -0.1) is 0 Å². The van der Waals surface area contributed by atoms with Crippen LogP contribution in [0.5, 0.6) is 0 Å². The number of hydrogen-bond donors (Lipinski definition) is 1. The fraction of sp³-hybridized carbons (Fsp3) is 0.636. The van der Waals surface area contributed by atoms with Crippen LogP contribution in [-0.4, -0.2) is 47.8 Å². The molecule has 0 atom stereocenters. The SMILES string of the molecule is CCN(CC)Cc1ccccc1CNC(=O)C1CCN(C(=O)C(C)C)CC1. The van der Waals surface area contributed by atoms with E-state index in [1.807, 2.05) is 24.8 Å². The third-order valence-electron chi connectivity index (χ3n) is 5.53. The van der Waals surface area contributed by atoms with E-state index in [1.165, 1.54) is 11.1 Å². The van der Waals surface area contributed by atoms with Gasteiger partial charge in [0.25, 0.3) is 0 Å². The molecule has 1 fully saturated rings. The minimum atomic E-state index is 0.0103. The van der Waals surface area contributed by atoms with Crippen molar-refractivity contribution >= 4 is 11.8 Å². The van der Waals surface area contributed by atoms with Crippen LogP contribution in [0, 0.1) is 11.8 Å². The summed E-state index contributed by atoms with van der Waals surface area (Å²) < 4.78 is 0. The van der Waals surface area contributed by atoms with Gasteiger partial charge in [-0.05, 0) is 37.1 Å². The van der Waals surface area contributed by atoms with Crippen molar-refractivity contribution in [2.75, 3.05) is 26.2 Å². The van der Waals surface area contributed by atoms with E-state index in [2.05, 4.69) is 42.3 Å². The zero-order valence-electron chi connectivity index (χ0n) is 17.3. The number of carbonyl (C=O) groups is 2. The van der Waals surface area contributed by atoms with Crippen LogP contribution < -0.4 is 5.32 Å². The highest BCUT2D eigenvalue weighted by Gasteiger charge is 2.28. The van der Waals surface area contributed by atoms with Gasteiger partial charge in [-0.2, -0.15) is 0 Å². The van der Waals surface area contributed by atoms with Crippen LogP contribution in [0.15, 0.2) is 24.3 Å². The van der Waals surface area contributed by atoms with Crippen molar-refractivity contribution in [1.82, 2.24) is 15.1 Å². The number of amides is 2. The lowest BCUT2D eigenvalue weighted by Gasteiger charge is -2.32. The summed E-state index contributed by atoms with van der Waals surface area (Å²) in [6.07, 6.45) is 1.51. The summed E-state index contributed by atoms with van der Waals surface area (Å²) in [6, 6.07) is 8.34. The molecule has 27 heavy (non-hydrogen) atoms. The Hall–Kier alpha value is -1.88. The molecule has 1 aliphatic rings. The van der Waals surface area contributed by atoms with Crippen molar-refractivity contribution in [2.45, 2.75) is 53.6 Å². The smallest absolute Gasteiger partial charge is 0.225 e. The van der Waals surface area contributed by atoms with E-state index in [0.29, 0.717) is 19.6 Å². The number of likely N-dealkylation sites (tertiary alicyclic amines) is 1. The largest absolute Gasteiger partial charge is 0.352 e. The summed E-state index contributed by atoms with van der Waals surface area (Å²) in [7, 11) is 0. The van der Waals surface area contributed by atoms with Gasteiger partial charge in [0, 0.05) is 38.0 Å². The summed E-state index contributed by atoms with van der Waals surface area (Å²) in [6.45, 7) is 13.1. The molecule has 0 aromatic heterocycles. The molecule has 1 aliphatic heterocycles. The first-order chi connectivity index (χ1) is 13.0. The average Bonchev–Trinajstić information content (AvgIpc) is 2.70. The van der Waals surface area contributed by atoms with E-state index < -0.39 is 0 Å². The highest BCUT2D eigenvalue weighted by molar-refractivity contribution is 5.80. The molecule has 2 rings (SSSR count). The molecule has 1 heterocycles. The standard InChI is InChI=1S/C22H35N3O2/c1-5-24(6-2)16-20-10-8-7-9-19(20)15-23-21(26)18-11-13-25(14-12-18)22(27)17(3)4/h7-10,17-18H,5-6,11-16H2,1-4H3,(H,23,26). The molecule has 0 unspecified atom stereocenters. The topological polar surface area (TPSA) is 52.7 Å². The summed E-state index contributed by atoms with van der Waals surface area (Å²) in [5, 5.41) is 3.12. The van der Waals surface area contributed by atoms with Crippen molar-refractivity contribution in [3.8, 4) is 0 Å². The van der Waals surface area contributed by atoms with E-state index in [4.69, 9.17) is 0 Å². The van der Waals surface area contributed by atoms with Crippen molar-refractivity contribution in [3.05, 3.63) is 35.4 Å². The van der Waals surface area contributed by atoms with Crippen LogP contribution in [0.25, 0.3) is 0 Å². The number of rotatable bonds is 8. The molecule has 1 N–H and O–H groups in total. The minimum Gasteiger partial charge on any atom is -0.352 e. The quantitative estimate of drug-likeness (QED) is 0.762. The maximum atomic E-state index is 12.6. The third-order valence-corrected chi connectivity index (χ3v) is 5.53. The van der Waals surface area contributed by atoms with Crippen molar-refractivity contribution < 1.29 is 9.59 Å². The van der Waals surface area contributed by atoms with Gasteiger partial charge < -0.3 is 10.2 Å². The maximum absolute atomic E-state index is 12.6. The Morgan fingerprint density at radius 1 is 1.11 bits per heavy atom. The van der Waals surface area contributed by atoms with Gasteiger partial charge in [0.15, 0.2) is 0 Å². The predicted molar refractivity (Wildman–Crippen MR) is 109 cm³/mol. The van der Waals surface area contributed by atoms with Crippen LogP contribution in [-0.2, 0) is 22.7 Å². The lowest BCUT2D eigenvalue weighted by Crippen LogP contribution is -2.44. The van der Waals surface area contributed by atoms with Gasteiger partial charge in [0.2, 0.25) is 11.8 Å². The lowest BCUT2D eigenvalue weighted by molar-refractivity contribution is -0.138. The normalized spacial score (nSPS) is 15.4. The van der Waals surface area contributed by atoms with Crippen LogP contribution >= 0.6 is 0 Å². The van der Waals surface area contributed by atoms with Gasteiger partial charge in [-0.25, -0.2) is 0 Å². The van der Waals surface area contributed by atoms with E-state index in [-0.39, 0.29) is 23.7 Å². The average molecular weight is 374 g/mol. The van der Waals surface area contributed by atoms with Gasteiger partial charge in [-0.1, -0.05) is 52.0 Å². The molecule has 0 saturated carbocycles. The summed E-state index contributed by atoms with van der Waals surface area (Å²) in [5.41, 5.74) is 2.46. The fourth-order valence-corrected chi connectivity index (χ4v) is 3.63. The van der Waals surface area contributed by atoms with Crippen molar-refractivity contribution in [3.63, 3.8) is 0 Å². The summed E-state index contributed by atoms with van der Waals surface area (Å²) >= 11 is 0. The molecule has 0 bridgehead atoms. The number of hydrogen-bond acceptors (Lipinski definition) is 3.